The van der Waals surface area contributed by atoms with Crippen LogP contribution in [0.2, 0.25) is 0 Å². The Balaban J connectivity index is 2.87. The highest BCUT2D eigenvalue weighted by atomic mass is 16.1. The van der Waals surface area contributed by atoms with Gasteiger partial charge in [-0.25, -0.2) is 4.68 Å². The molecule has 2 rings (SSSR count). The van der Waals surface area contributed by atoms with Crippen LogP contribution in [-0.4, -0.2) is 15.8 Å². The van der Waals surface area contributed by atoms with Gasteiger partial charge in [-0.15, -0.1) is 0 Å². The third kappa shape index (κ3) is 2.63. The Kier molecular flexibility index (Phi) is 4.02. The van der Waals surface area contributed by atoms with Crippen LogP contribution in [0.3, 0.4) is 0 Å². The number of hydrogen-bond donors (Lipinski definition) is 1. The predicted molar refractivity (Wildman–Crippen MR) is 84.1 cm³/mol. The maximum atomic E-state index is 12.7. The Morgan fingerprint density at radius 2 is 1.81 bits per heavy atom. The molecule has 21 heavy (non-hydrogen) atoms. The van der Waals surface area contributed by atoms with Crippen molar-refractivity contribution in [2.45, 2.75) is 39.7 Å². The van der Waals surface area contributed by atoms with Gasteiger partial charge in [-0.3, -0.25) is 14.3 Å². The number of hydrogen-bond acceptors (Lipinski definition) is 2. The van der Waals surface area contributed by atoms with E-state index in [-0.39, 0.29) is 5.56 Å². The van der Waals surface area contributed by atoms with Crippen molar-refractivity contribution in [3.63, 3.8) is 0 Å². The molecule has 0 fully saturated rings. The molecule has 112 valence electrons. The van der Waals surface area contributed by atoms with Crippen molar-refractivity contribution in [1.29, 1.82) is 0 Å². The third-order valence-corrected chi connectivity index (χ3v) is 3.32. The molecule has 1 aromatic carbocycles. The summed E-state index contributed by atoms with van der Waals surface area (Å²) < 4.78 is 3.58. The molecule has 1 N–H and O–H groups in total. The van der Waals surface area contributed by atoms with E-state index >= 15 is 0 Å². The largest absolute Gasteiger partial charge is 0.323 e. The average Bonchev–Trinajstić information content (AvgIpc) is 2.73. The molecule has 0 aliphatic carbocycles. The molecule has 0 saturated heterocycles. The highest BCUT2D eigenvalue weighted by Gasteiger charge is 2.26. The van der Waals surface area contributed by atoms with Crippen molar-refractivity contribution in [3.8, 4) is 5.69 Å². The number of carbonyl (C=O) groups is 1. The molecule has 0 spiro atoms. The lowest BCUT2D eigenvalue weighted by molar-refractivity contribution is -0.105. The maximum Gasteiger partial charge on any atom is 0.291 e. The van der Waals surface area contributed by atoms with Crippen LogP contribution in [0.1, 0.15) is 33.4 Å². The summed E-state index contributed by atoms with van der Waals surface area (Å²) in [5.74, 6) is 0. The van der Waals surface area contributed by atoms with Gasteiger partial charge < -0.3 is 5.32 Å². The van der Waals surface area contributed by atoms with Gasteiger partial charge in [-0.2, -0.15) is 0 Å². The molecule has 1 aromatic heterocycles. The second kappa shape index (κ2) is 5.60. The fraction of sp³-hybridized carbons (Fsp3) is 0.375. The minimum absolute atomic E-state index is 0.185. The lowest BCUT2D eigenvalue weighted by atomic mass is 10.1. The SMILES string of the molecule is CCc1c(NC=O)c(=O)n(C(C)(C)C)n1-c1ccccc1. The van der Waals surface area contributed by atoms with Crippen molar-refractivity contribution in [1.82, 2.24) is 9.36 Å². The molecule has 5 heteroatoms. The molecule has 0 aliphatic heterocycles. The van der Waals surface area contributed by atoms with Crippen LogP contribution in [0.15, 0.2) is 35.1 Å². The van der Waals surface area contributed by atoms with Crippen LogP contribution in [0.4, 0.5) is 5.69 Å². The summed E-state index contributed by atoms with van der Waals surface area (Å²) in [6.07, 6.45) is 1.20. The number of rotatable bonds is 4. The third-order valence-electron chi connectivity index (χ3n) is 3.32. The standard InChI is InChI=1S/C16H21N3O2/c1-5-13-14(17-11-20)15(21)19(16(2,3)4)18(13)12-9-7-6-8-10-12/h6-11H,5H2,1-4H3,(H,17,20). The van der Waals surface area contributed by atoms with Gasteiger partial charge in [0.1, 0.15) is 5.69 Å². The number of carbonyl (C=O) groups excluding carboxylic acids is 1. The molecular weight excluding hydrogens is 266 g/mol. The first-order chi connectivity index (χ1) is 9.91. The summed E-state index contributed by atoms with van der Waals surface area (Å²) in [7, 11) is 0. The smallest absolute Gasteiger partial charge is 0.291 e. The van der Waals surface area contributed by atoms with Crippen molar-refractivity contribution in [2.24, 2.45) is 0 Å². The van der Waals surface area contributed by atoms with E-state index in [1.807, 2.05) is 62.7 Å². The first-order valence-electron chi connectivity index (χ1n) is 7.04. The molecule has 0 aliphatic rings. The summed E-state index contributed by atoms with van der Waals surface area (Å²) >= 11 is 0. The highest BCUT2D eigenvalue weighted by Crippen LogP contribution is 2.23. The zero-order chi connectivity index (χ0) is 15.6. The lowest BCUT2D eigenvalue weighted by Crippen LogP contribution is -2.36. The Morgan fingerprint density at radius 1 is 1.19 bits per heavy atom. The van der Waals surface area contributed by atoms with Crippen molar-refractivity contribution in [3.05, 3.63) is 46.4 Å². The van der Waals surface area contributed by atoms with Gasteiger partial charge >= 0.3 is 0 Å². The number of anilines is 1. The molecular formula is C16H21N3O2. The van der Waals surface area contributed by atoms with Gasteiger partial charge in [0, 0.05) is 0 Å². The van der Waals surface area contributed by atoms with Gasteiger partial charge in [0.25, 0.3) is 5.56 Å². The van der Waals surface area contributed by atoms with Crippen LogP contribution >= 0.6 is 0 Å². The van der Waals surface area contributed by atoms with Crippen molar-refractivity contribution in [2.75, 3.05) is 5.32 Å². The Morgan fingerprint density at radius 3 is 2.29 bits per heavy atom. The normalized spacial score (nSPS) is 11.4. The number of para-hydroxylation sites is 1. The summed E-state index contributed by atoms with van der Waals surface area (Å²) in [5, 5.41) is 2.56. The predicted octanol–water partition coefficient (Wildman–Crippen LogP) is 2.52. The zero-order valence-electron chi connectivity index (χ0n) is 12.9. The first-order valence-corrected chi connectivity index (χ1v) is 7.04. The lowest BCUT2D eigenvalue weighted by Gasteiger charge is -2.25. The van der Waals surface area contributed by atoms with Crippen molar-refractivity contribution >= 4 is 12.1 Å². The number of amides is 1. The fourth-order valence-electron chi connectivity index (χ4n) is 2.52. The van der Waals surface area contributed by atoms with Gasteiger partial charge in [0.05, 0.1) is 16.9 Å². The molecule has 0 radical (unpaired) electrons. The van der Waals surface area contributed by atoms with E-state index in [1.165, 1.54) is 0 Å². The van der Waals surface area contributed by atoms with E-state index in [4.69, 9.17) is 0 Å². The molecule has 0 unspecified atom stereocenters. The van der Waals surface area contributed by atoms with Crippen LogP contribution in [0.25, 0.3) is 5.69 Å². The van der Waals surface area contributed by atoms with Crippen LogP contribution in [0, 0.1) is 0 Å². The Hall–Kier alpha value is -2.30. The summed E-state index contributed by atoms with van der Waals surface area (Å²) in [6.45, 7) is 7.88. The number of nitrogens with one attached hydrogen (secondary N) is 1. The molecule has 1 amide bonds. The molecule has 0 atom stereocenters. The van der Waals surface area contributed by atoms with Gasteiger partial charge in [-0.1, -0.05) is 25.1 Å². The van der Waals surface area contributed by atoms with Crippen molar-refractivity contribution < 1.29 is 4.79 Å². The first kappa shape index (κ1) is 15.1. The second-order valence-electron chi connectivity index (χ2n) is 5.87. The summed E-state index contributed by atoms with van der Waals surface area (Å²) in [6, 6.07) is 9.69. The minimum atomic E-state index is -0.403. The second-order valence-corrected chi connectivity index (χ2v) is 5.87. The number of aromatic nitrogens is 2. The Bertz CT molecular complexity index is 691. The molecule has 1 heterocycles. The monoisotopic (exact) mass is 287 g/mol. The topological polar surface area (TPSA) is 56.0 Å². The van der Waals surface area contributed by atoms with E-state index in [2.05, 4.69) is 5.32 Å². The number of benzene rings is 1. The molecule has 2 aromatic rings. The highest BCUT2D eigenvalue weighted by molar-refractivity contribution is 5.72. The fourth-order valence-corrected chi connectivity index (χ4v) is 2.52. The van der Waals surface area contributed by atoms with E-state index in [0.29, 0.717) is 18.5 Å². The van der Waals surface area contributed by atoms with E-state index in [1.54, 1.807) is 4.68 Å². The van der Waals surface area contributed by atoms with Crippen LogP contribution in [-0.2, 0) is 16.8 Å². The molecule has 5 nitrogen and oxygen atoms in total. The summed E-state index contributed by atoms with van der Waals surface area (Å²) in [5.41, 5.74) is 1.47. The minimum Gasteiger partial charge on any atom is -0.323 e. The molecule has 0 bridgehead atoms. The van der Waals surface area contributed by atoms with Crippen LogP contribution in [0.5, 0.6) is 0 Å². The van der Waals surface area contributed by atoms with Gasteiger partial charge in [-0.05, 0) is 39.3 Å². The van der Waals surface area contributed by atoms with Gasteiger partial charge in [0.2, 0.25) is 6.41 Å². The summed E-state index contributed by atoms with van der Waals surface area (Å²) in [4.78, 5) is 23.5. The molecule has 0 saturated carbocycles. The van der Waals surface area contributed by atoms with Gasteiger partial charge in [0.15, 0.2) is 0 Å². The van der Waals surface area contributed by atoms with Crippen LogP contribution < -0.4 is 10.9 Å². The Labute approximate surface area is 124 Å². The zero-order valence-corrected chi connectivity index (χ0v) is 12.9. The average molecular weight is 287 g/mol. The maximum absolute atomic E-state index is 12.7. The number of nitrogens with zero attached hydrogens (tertiary/aromatic N) is 2. The van der Waals surface area contributed by atoms with E-state index < -0.39 is 5.54 Å². The van der Waals surface area contributed by atoms with E-state index in [0.717, 1.165) is 11.4 Å². The quantitative estimate of drug-likeness (QED) is 0.879. The van der Waals surface area contributed by atoms with E-state index in [9.17, 15) is 9.59 Å².